The Bertz CT molecular complexity index is 549. The van der Waals surface area contributed by atoms with Crippen LogP contribution in [-0.2, 0) is 11.3 Å². The SMILES string of the molecule is Cc1cc([C@H]2CN(Cc3ncc[nH]3)CCO2)nc(C)n1. The summed E-state index contributed by atoms with van der Waals surface area (Å²) in [5, 5.41) is 0. The highest BCUT2D eigenvalue weighted by molar-refractivity contribution is 5.13. The molecule has 0 bridgehead atoms. The van der Waals surface area contributed by atoms with Crippen LogP contribution >= 0.6 is 0 Å². The molecule has 1 N–H and O–H groups in total. The molecule has 0 unspecified atom stereocenters. The van der Waals surface area contributed by atoms with Gasteiger partial charge in [-0.1, -0.05) is 0 Å². The number of aromatic nitrogens is 4. The molecule has 6 heteroatoms. The van der Waals surface area contributed by atoms with Crippen molar-refractivity contribution in [1.29, 1.82) is 0 Å². The largest absolute Gasteiger partial charge is 0.369 e. The first-order valence-corrected chi connectivity index (χ1v) is 6.85. The van der Waals surface area contributed by atoms with Crippen LogP contribution in [-0.4, -0.2) is 44.5 Å². The fourth-order valence-electron chi connectivity index (χ4n) is 2.53. The third-order valence-electron chi connectivity index (χ3n) is 3.39. The Morgan fingerprint density at radius 2 is 2.30 bits per heavy atom. The molecule has 3 rings (SSSR count). The van der Waals surface area contributed by atoms with E-state index in [4.69, 9.17) is 4.74 Å². The number of morpholine rings is 1. The van der Waals surface area contributed by atoms with E-state index in [1.54, 1.807) is 6.20 Å². The van der Waals surface area contributed by atoms with Crippen molar-refractivity contribution in [2.75, 3.05) is 19.7 Å². The number of nitrogens with zero attached hydrogens (tertiary/aromatic N) is 4. The average molecular weight is 273 g/mol. The van der Waals surface area contributed by atoms with Gasteiger partial charge in [0.1, 0.15) is 17.8 Å². The van der Waals surface area contributed by atoms with E-state index in [2.05, 4.69) is 24.8 Å². The monoisotopic (exact) mass is 273 g/mol. The van der Waals surface area contributed by atoms with E-state index in [1.165, 1.54) is 0 Å². The smallest absolute Gasteiger partial charge is 0.125 e. The van der Waals surface area contributed by atoms with E-state index in [9.17, 15) is 0 Å². The van der Waals surface area contributed by atoms with E-state index in [0.29, 0.717) is 6.61 Å². The first-order valence-electron chi connectivity index (χ1n) is 6.85. The van der Waals surface area contributed by atoms with Gasteiger partial charge in [0.25, 0.3) is 0 Å². The van der Waals surface area contributed by atoms with Crippen LogP contribution in [0.3, 0.4) is 0 Å². The van der Waals surface area contributed by atoms with Crippen molar-refractivity contribution >= 4 is 0 Å². The Morgan fingerprint density at radius 1 is 1.40 bits per heavy atom. The minimum absolute atomic E-state index is 0.0131. The number of ether oxygens (including phenoxy) is 1. The van der Waals surface area contributed by atoms with Gasteiger partial charge in [0.2, 0.25) is 0 Å². The molecule has 1 aliphatic rings. The maximum atomic E-state index is 5.86. The third-order valence-corrected chi connectivity index (χ3v) is 3.39. The fourth-order valence-corrected chi connectivity index (χ4v) is 2.53. The van der Waals surface area contributed by atoms with Crippen LogP contribution in [0.5, 0.6) is 0 Å². The van der Waals surface area contributed by atoms with Crippen LogP contribution in [0.15, 0.2) is 18.5 Å². The van der Waals surface area contributed by atoms with Gasteiger partial charge in [0, 0.05) is 31.2 Å². The van der Waals surface area contributed by atoms with E-state index in [1.807, 2.05) is 26.1 Å². The lowest BCUT2D eigenvalue weighted by molar-refractivity contribution is -0.0358. The lowest BCUT2D eigenvalue weighted by Crippen LogP contribution is -2.38. The van der Waals surface area contributed by atoms with Gasteiger partial charge < -0.3 is 9.72 Å². The number of imidazole rings is 1. The molecule has 1 aliphatic heterocycles. The van der Waals surface area contributed by atoms with Gasteiger partial charge in [-0.2, -0.15) is 0 Å². The highest BCUT2D eigenvalue weighted by Gasteiger charge is 2.24. The van der Waals surface area contributed by atoms with Crippen LogP contribution in [0.25, 0.3) is 0 Å². The number of rotatable bonds is 3. The molecular weight excluding hydrogens is 254 g/mol. The summed E-state index contributed by atoms with van der Waals surface area (Å²) >= 11 is 0. The molecular formula is C14H19N5O. The van der Waals surface area contributed by atoms with Gasteiger partial charge in [-0.3, -0.25) is 4.90 Å². The minimum Gasteiger partial charge on any atom is -0.369 e. The predicted molar refractivity (Wildman–Crippen MR) is 74.1 cm³/mol. The van der Waals surface area contributed by atoms with Crippen LogP contribution in [0, 0.1) is 13.8 Å². The van der Waals surface area contributed by atoms with E-state index < -0.39 is 0 Å². The number of H-pyrrole nitrogens is 1. The molecule has 0 amide bonds. The number of hydrogen-bond acceptors (Lipinski definition) is 5. The average Bonchev–Trinajstić information content (AvgIpc) is 2.91. The first-order chi connectivity index (χ1) is 9.70. The van der Waals surface area contributed by atoms with Gasteiger partial charge in [-0.05, 0) is 19.9 Å². The second-order valence-corrected chi connectivity index (χ2v) is 5.11. The summed E-state index contributed by atoms with van der Waals surface area (Å²) in [5.41, 5.74) is 1.96. The molecule has 0 spiro atoms. The zero-order valence-corrected chi connectivity index (χ0v) is 11.8. The number of aryl methyl sites for hydroxylation is 2. The maximum absolute atomic E-state index is 5.86. The summed E-state index contributed by atoms with van der Waals surface area (Å²) in [5.74, 6) is 1.78. The highest BCUT2D eigenvalue weighted by Crippen LogP contribution is 2.21. The molecule has 0 saturated carbocycles. The van der Waals surface area contributed by atoms with Crippen molar-refractivity contribution in [1.82, 2.24) is 24.8 Å². The van der Waals surface area contributed by atoms with Gasteiger partial charge in [-0.25, -0.2) is 15.0 Å². The molecule has 2 aromatic rings. The van der Waals surface area contributed by atoms with Crippen molar-refractivity contribution < 1.29 is 4.74 Å². The molecule has 2 aromatic heterocycles. The molecule has 1 saturated heterocycles. The Labute approximate surface area is 118 Å². The van der Waals surface area contributed by atoms with E-state index in [0.717, 1.165) is 42.7 Å². The van der Waals surface area contributed by atoms with Crippen LogP contribution in [0.4, 0.5) is 0 Å². The normalized spacial score (nSPS) is 20.2. The summed E-state index contributed by atoms with van der Waals surface area (Å²) in [7, 11) is 0. The molecule has 0 radical (unpaired) electrons. The molecule has 0 aliphatic carbocycles. The Balaban J connectivity index is 1.71. The lowest BCUT2D eigenvalue weighted by Gasteiger charge is -2.32. The molecule has 1 atom stereocenters. The van der Waals surface area contributed by atoms with E-state index in [-0.39, 0.29) is 6.10 Å². The Kier molecular flexibility index (Phi) is 3.75. The molecule has 20 heavy (non-hydrogen) atoms. The number of aromatic amines is 1. The lowest BCUT2D eigenvalue weighted by atomic mass is 10.1. The van der Waals surface area contributed by atoms with Gasteiger partial charge >= 0.3 is 0 Å². The molecule has 1 fully saturated rings. The first kappa shape index (κ1) is 13.2. The minimum atomic E-state index is 0.0131. The molecule has 3 heterocycles. The van der Waals surface area contributed by atoms with Crippen LogP contribution in [0.1, 0.15) is 29.1 Å². The second-order valence-electron chi connectivity index (χ2n) is 5.11. The standard InChI is InChI=1S/C14H19N5O/c1-10-7-12(18-11(2)17-10)13-8-19(5-6-20-13)9-14-15-3-4-16-14/h3-4,7,13H,5-6,8-9H2,1-2H3,(H,15,16)/t13-/m1/s1. The topological polar surface area (TPSA) is 66.9 Å². The molecule has 106 valence electrons. The Hall–Kier alpha value is -1.79. The summed E-state index contributed by atoms with van der Waals surface area (Å²) < 4.78 is 5.86. The molecule has 6 nitrogen and oxygen atoms in total. The highest BCUT2D eigenvalue weighted by atomic mass is 16.5. The second kappa shape index (κ2) is 5.68. The number of nitrogens with one attached hydrogen (secondary N) is 1. The summed E-state index contributed by atoms with van der Waals surface area (Å²) in [6.45, 7) is 7.18. The van der Waals surface area contributed by atoms with Crippen molar-refractivity contribution in [3.63, 3.8) is 0 Å². The quantitative estimate of drug-likeness (QED) is 0.915. The zero-order valence-electron chi connectivity index (χ0n) is 11.8. The van der Waals surface area contributed by atoms with Gasteiger partial charge in [0.15, 0.2) is 0 Å². The summed E-state index contributed by atoms with van der Waals surface area (Å²) in [6.07, 6.45) is 3.65. The van der Waals surface area contributed by atoms with Crippen molar-refractivity contribution in [3.05, 3.63) is 41.5 Å². The number of hydrogen-bond donors (Lipinski definition) is 1. The predicted octanol–water partition coefficient (Wildman–Crippen LogP) is 1.39. The van der Waals surface area contributed by atoms with Crippen LogP contribution < -0.4 is 0 Å². The summed E-state index contributed by atoms with van der Waals surface area (Å²) in [6, 6.07) is 2.01. The maximum Gasteiger partial charge on any atom is 0.125 e. The van der Waals surface area contributed by atoms with Crippen molar-refractivity contribution in [2.24, 2.45) is 0 Å². The van der Waals surface area contributed by atoms with Gasteiger partial charge in [-0.15, -0.1) is 0 Å². The summed E-state index contributed by atoms with van der Waals surface area (Å²) in [4.78, 5) is 18.6. The Morgan fingerprint density at radius 3 is 3.05 bits per heavy atom. The van der Waals surface area contributed by atoms with Gasteiger partial charge in [0.05, 0.1) is 18.8 Å². The van der Waals surface area contributed by atoms with Crippen LogP contribution in [0.2, 0.25) is 0 Å². The zero-order chi connectivity index (χ0) is 13.9. The third kappa shape index (κ3) is 3.02. The van der Waals surface area contributed by atoms with Crippen molar-refractivity contribution in [3.8, 4) is 0 Å². The molecule has 0 aromatic carbocycles. The fraction of sp³-hybridized carbons (Fsp3) is 0.500. The van der Waals surface area contributed by atoms with E-state index >= 15 is 0 Å². The van der Waals surface area contributed by atoms with Crippen molar-refractivity contribution in [2.45, 2.75) is 26.5 Å².